The molecule has 30 heavy (non-hydrogen) atoms. The Morgan fingerprint density at radius 1 is 1.10 bits per heavy atom. The Labute approximate surface area is 172 Å². The summed E-state index contributed by atoms with van der Waals surface area (Å²) < 4.78 is 68.8. The van der Waals surface area contributed by atoms with Crippen molar-refractivity contribution in [1.82, 2.24) is 14.5 Å². The first kappa shape index (κ1) is 22.5. The number of nitrogens with one attached hydrogen (secondary N) is 1. The SMILES string of the molecule is O=C(NCC(F)(F)F)c1ccc(S(=O)(=O)N2CCN(C(=O)[C@@H]3CCCO3)CC2)cc1. The normalized spacial score (nSPS) is 20.9. The van der Waals surface area contributed by atoms with Crippen molar-refractivity contribution in [2.24, 2.45) is 0 Å². The summed E-state index contributed by atoms with van der Waals surface area (Å²) >= 11 is 0. The van der Waals surface area contributed by atoms with E-state index in [1.165, 1.54) is 16.4 Å². The van der Waals surface area contributed by atoms with Gasteiger partial charge in [-0.15, -0.1) is 0 Å². The average Bonchev–Trinajstić information content (AvgIpc) is 3.26. The largest absolute Gasteiger partial charge is 0.405 e. The molecule has 1 aromatic carbocycles. The van der Waals surface area contributed by atoms with Crippen LogP contribution in [0.3, 0.4) is 0 Å². The summed E-state index contributed by atoms with van der Waals surface area (Å²) in [5.41, 5.74) is -0.0785. The molecule has 0 radical (unpaired) electrons. The summed E-state index contributed by atoms with van der Waals surface area (Å²) in [7, 11) is -3.86. The third kappa shape index (κ3) is 5.29. The van der Waals surface area contributed by atoms with Crippen LogP contribution in [-0.4, -0.2) is 81.0 Å². The molecule has 2 aliphatic rings. The molecule has 8 nitrogen and oxygen atoms in total. The van der Waals surface area contributed by atoms with Gasteiger partial charge >= 0.3 is 6.18 Å². The Balaban J connectivity index is 1.59. The number of rotatable bonds is 5. The van der Waals surface area contributed by atoms with Crippen LogP contribution in [0.4, 0.5) is 13.2 Å². The van der Waals surface area contributed by atoms with Crippen LogP contribution in [0.2, 0.25) is 0 Å². The van der Waals surface area contributed by atoms with E-state index in [0.717, 1.165) is 18.6 Å². The van der Waals surface area contributed by atoms with Crippen LogP contribution < -0.4 is 5.32 Å². The van der Waals surface area contributed by atoms with E-state index in [0.29, 0.717) is 13.0 Å². The van der Waals surface area contributed by atoms with E-state index in [1.807, 2.05) is 0 Å². The molecule has 0 bridgehead atoms. The zero-order valence-corrected chi connectivity index (χ0v) is 16.8. The maximum absolute atomic E-state index is 12.8. The summed E-state index contributed by atoms with van der Waals surface area (Å²) in [6, 6.07) is 4.69. The first-order chi connectivity index (χ1) is 14.1. The van der Waals surface area contributed by atoms with Crippen molar-refractivity contribution in [3.63, 3.8) is 0 Å². The Morgan fingerprint density at radius 2 is 1.73 bits per heavy atom. The fraction of sp³-hybridized carbons (Fsp3) is 0.556. The van der Waals surface area contributed by atoms with Crippen LogP contribution in [0.5, 0.6) is 0 Å². The summed E-state index contributed by atoms with van der Waals surface area (Å²) in [6.45, 7) is -0.190. The number of halogens is 3. The number of carbonyl (C=O) groups is 2. The molecule has 0 spiro atoms. The lowest BCUT2D eigenvalue weighted by Crippen LogP contribution is -2.52. The fourth-order valence-electron chi connectivity index (χ4n) is 3.33. The number of piperazine rings is 1. The van der Waals surface area contributed by atoms with E-state index in [9.17, 15) is 31.2 Å². The molecule has 12 heteroatoms. The molecule has 1 atom stereocenters. The van der Waals surface area contributed by atoms with Gasteiger partial charge in [0, 0.05) is 38.3 Å². The Bertz CT molecular complexity index is 875. The van der Waals surface area contributed by atoms with Crippen LogP contribution in [0.25, 0.3) is 0 Å². The van der Waals surface area contributed by atoms with Crippen LogP contribution in [-0.2, 0) is 19.6 Å². The topological polar surface area (TPSA) is 96.0 Å². The standard InChI is InChI=1S/C18H22F3N3O5S/c19-18(20,21)12-22-16(25)13-3-5-14(6-4-13)30(27,28)24-9-7-23(8-10-24)17(26)15-2-1-11-29-15/h3-6,15H,1-2,7-12H2,(H,22,25)/t15-/m0/s1. The summed E-state index contributed by atoms with van der Waals surface area (Å²) in [5, 5.41) is 1.73. The summed E-state index contributed by atoms with van der Waals surface area (Å²) in [6.07, 6.45) is -3.49. The molecule has 1 aromatic rings. The summed E-state index contributed by atoms with van der Waals surface area (Å²) in [5.74, 6) is -1.07. The minimum Gasteiger partial charge on any atom is -0.368 e. The van der Waals surface area contributed by atoms with Crippen LogP contribution in [0, 0.1) is 0 Å². The predicted octanol–water partition coefficient (Wildman–Crippen LogP) is 0.991. The molecule has 166 valence electrons. The molecule has 2 heterocycles. The number of ether oxygens (including phenoxy) is 1. The van der Waals surface area contributed by atoms with E-state index in [4.69, 9.17) is 4.74 Å². The van der Waals surface area contributed by atoms with Gasteiger partial charge in [-0.2, -0.15) is 17.5 Å². The molecule has 0 saturated carbocycles. The molecule has 0 aliphatic carbocycles. The van der Waals surface area contributed by atoms with Crippen molar-refractivity contribution in [3.05, 3.63) is 29.8 Å². The maximum atomic E-state index is 12.8. The van der Waals surface area contributed by atoms with E-state index in [2.05, 4.69) is 0 Å². The lowest BCUT2D eigenvalue weighted by molar-refractivity contribution is -0.142. The second-order valence-electron chi connectivity index (χ2n) is 7.05. The highest BCUT2D eigenvalue weighted by atomic mass is 32.2. The van der Waals surface area contributed by atoms with Crippen molar-refractivity contribution < 1.29 is 35.9 Å². The molecule has 2 aliphatic heterocycles. The smallest absolute Gasteiger partial charge is 0.368 e. The molecule has 2 saturated heterocycles. The van der Waals surface area contributed by atoms with Gasteiger partial charge in [-0.05, 0) is 37.1 Å². The number of nitrogens with zero attached hydrogens (tertiary/aromatic N) is 2. The number of sulfonamides is 1. The highest BCUT2D eigenvalue weighted by molar-refractivity contribution is 7.89. The highest BCUT2D eigenvalue weighted by Crippen LogP contribution is 2.21. The third-order valence-corrected chi connectivity index (χ3v) is 6.87. The van der Waals surface area contributed by atoms with Gasteiger partial charge in [0.15, 0.2) is 0 Å². The van der Waals surface area contributed by atoms with Gasteiger partial charge in [0.05, 0.1) is 4.90 Å². The molecule has 1 N–H and O–H groups in total. The first-order valence-corrected chi connectivity index (χ1v) is 10.9. The maximum Gasteiger partial charge on any atom is 0.405 e. The molecule has 3 rings (SSSR count). The number of hydrogen-bond acceptors (Lipinski definition) is 5. The average molecular weight is 449 g/mol. The Kier molecular flexibility index (Phi) is 6.68. The van der Waals surface area contributed by atoms with E-state index in [1.54, 1.807) is 10.2 Å². The third-order valence-electron chi connectivity index (χ3n) is 4.96. The summed E-state index contributed by atoms with van der Waals surface area (Å²) in [4.78, 5) is 25.6. The molecule has 0 unspecified atom stereocenters. The predicted molar refractivity (Wildman–Crippen MR) is 99.1 cm³/mol. The number of alkyl halides is 3. The van der Waals surface area contributed by atoms with Crippen LogP contribution >= 0.6 is 0 Å². The zero-order valence-electron chi connectivity index (χ0n) is 16.0. The second-order valence-corrected chi connectivity index (χ2v) is 8.99. The van der Waals surface area contributed by atoms with E-state index < -0.39 is 34.8 Å². The lowest BCUT2D eigenvalue weighted by Gasteiger charge is -2.35. The minimum atomic E-state index is -4.54. The molecule has 2 amide bonds. The van der Waals surface area contributed by atoms with Gasteiger partial charge in [0.25, 0.3) is 11.8 Å². The number of hydrogen-bond donors (Lipinski definition) is 1. The van der Waals surface area contributed by atoms with Crippen molar-refractivity contribution in [2.75, 3.05) is 39.3 Å². The van der Waals surface area contributed by atoms with Gasteiger partial charge < -0.3 is 15.0 Å². The van der Waals surface area contributed by atoms with Crippen LogP contribution in [0.1, 0.15) is 23.2 Å². The second kappa shape index (κ2) is 8.90. The Morgan fingerprint density at radius 3 is 2.27 bits per heavy atom. The van der Waals surface area contributed by atoms with Gasteiger partial charge in [-0.1, -0.05) is 0 Å². The van der Waals surface area contributed by atoms with Crippen molar-refractivity contribution in [3.8, 4) is 0 Å². The van der Waals surface area contributed by atoms with E-state index >= 15 is 0 Å². The van der Waals surface area contributed by atoms with Crippen LogP contribution in [0.15, 0.2) is 29.2 Å². The molecular formula is C18H22F3N3O5S. The fourth-order valence-corrected chi connectivity index (χ4v) is 4.76. The quantitative estimate of drug-likeness (QED) is 0.724. The highest BCUT2D eigenvalue weighted by Gasteiger charge is 2.34. The van der Waals surface area contributed by atoms with Crippen molar-refractivity contribution in [1.29, 1.82) is 0 Å². The minimum absolute atomic E-state index is 0.0752. The monoisotopic (exact) mass is 449 g/mol. The molecule has 0 aromatic heterocycles. The molecule has 2 fully saturated rings. The van der Waals surface area contributed by atoms with Crippen molar-refractivity contribution in [2.45, 2.75) is 30.0 Å². The molecular weight excluding hydrogens is 427 g/mol. The van der Waals surface area contributed by atoms with Gasteiger partial charge in [0.1, 0.15) is 12.6 Å². The van der Waals surface area contributed by atoms with Gasteiger partial charge in [-0.3, -0.25) is 9.59 Å². The van der Waals surface area contributed by atoms with Gasteiger partial charge in [0.2, 0.25) is 10.0 Å². The first-order valence-electron chi connectivity index (χ1n) is 9.43. The van der Waals surface area contributed by atoms with Gasteiger partial charge in [-0.25, -0.2) is 8.42 Å². The number of carbonyl (C=O) groups excluding carboxylic acids is 2. The zero-order chi connectivity index (χ0) is 21.9. The van der Waals surface area contributed by atoms with E-state index in [-0.39, 0.29) is 42.5 Å². The number of amides is 2. The van der Waals surface area contributed by atoms with Crippen molar-refractivity contribution >= 4 is 21.8 Å². The Hall–Kier alpha value is -2.18. The lowest BCUT2D eigenvalue weighted by atomic mass is 10.2. The number of benzene rings is 1.